The third-order valence-electron chi connectivity index (χ3n) is 3.06. The number of hydrogen-bond acceptors (Lipinski definition) is 2. The molecule has 2 nitrogen and oxygen atoms in total. The molecule has 0 fully saturated rings. The van der Waals surface area contributed by atoms with Gasteiger partial charge in [-0.25, -0.2) is 4.98 Å². The molecule has 1 aromatic heterocycles. The number of benzene rings is 1. The number of aromatic nitrogens is 1. The number of pyridine rings is 1. The standard InChI is InChI=1S/C17H21ClN2/c1-17(2,3)12-14(13-8-5-4-6-9-13)19-16-11-7-10-15(18)20-16/h4-11,14H,12H2,1-3H3,(H,19,20). The van der Waals surface area contributed by atoms with E-state index in [0.717, 1.165) is 12.2 Å². The van der Waals surface area contributed by atoms with Gasteiger partial charge < -0.3 is 5.32 Å². The van der Waals surface area contributed by atoms with E-state index in [1.54, 1.807) is 6.07 Å². The molecule has 3 heteroatoms. The van der Waals surface area contributed by atoms with Crippen molar-refractivity contribution in [2.75, 3.05) is 5.32 Å². The topological polar surface area (TPSA) is 24.9 Å². The Morgan fingerprint density at radius 1 is 1.05 bits per heavy atom. The van der Waals surface area contributed by atoms with E-state index in [9.17, 15) is 0 Å². The molecule has 0 aliphatic carbocycles. The van der Waals surface area contributed by atoms with Gasteiger partial charge in [0.25, 0.3) is 0 Å². The van der Waals surface area contributed by atoms with Crippen LogP contribution in [0.15, 0.2) is 48.5 Å². The zero-order valence-corrected chi connectivity index (χ0v) is 13.0. The molecule has 0 saturated heterocycles. The van der Waals surface area contributed by atoms with Gasteiger partial charge in [0.1, 0.15) is 11.0 Å². The lowest BCUT2D eigenvalue weighted by Gasteiger charge is -2.27. The molecule has 1 atom stereocenters. The zero-order valence-electron chi connectivity index (χ0n) is 12.2. The molecule has 1 heterocycles. The monoisotopic (exact) mass is 288 g/mol. The molecule has 0 aliphatic rings. The normalized spacial score (nSPS) is 13.0. The molecule has 0 aliphatic heterocycles. The summed E-state index contributed by atoms with van der Waals surface area (Å²) >= 11 is 5.96. The summed E-state index contributed by atoms with van der Waals surface area (Å²) in [6.07, 6.45) is 1.02. The number of nitrogens with one attached hydrogen (secondary N) is 1. The maximum Gasteiger partial charge on any atom is 0.131 e. The van der Waals surface area contributed by atoms with Crippen LogP contribution in [0.2, 0.25) is 5.15 Å². The minimum atomic E-state index is 0.224. The van der Waals surface area contributed by atoms with Crippen LogP contribution < -0.4 is 5.32 Å². The summed E-state index contributed by atoms with van der Waals surface area (Å²) < 4.78 is 0. The Bertz CT molecular complexity index is 546. The number of rotatable bonds is 4. The van der Waals surface area contributed by atoms with E-state index in [2.05, 4.69) is 55.3 Å². The van der Waals surface area contributed by atoms with Crippen molar-refractivity contribution in [3.8, 4) is 0 Å². The zero-order chi connectivity index (χ0) is 14.6. The minimum absolute atomic E-state index is 0.224. The van der Waals surface area contributed by atoms with Gasteiger partial charge in [0.05, 0.1) is 6.04 Å². The van der Waals surface area contributed by atoms with Gasteiger partial charge in [-0.15, -0.1) is 0 Å². The summed E-state index contributed by atoms with van der Waals surface area (Å²) in [5, 5.41) is 4.01. The van der Waals surface area contributed by atoms with E-state index in [1.807, 2.05) is 18.2 Å². The van der Waals surface area contributed by atoms with Crippen molar-refractivity contribution in [2.24, 2.45) is 5.41 Å². The minimum Gasteiger partial charge on any atom is -0.363 e. The Kier molecular flexibility index (Phi) is 4.66. The molecule has 0 spiro atoms. The second-order valence-electron chi connectivity index (χ2n) is 6.22. The SMILES string of the molecule is CC(C)(C)CC(Nc1cccc(Cl)n1)c1ccccc1. The number of hydrogen-bond donors (Lipinski definition) is 1. The largest absolute Gasteiger partial charge is 0.363 e. The average Bonchev–Trinajstić information content (AvgIpc) is 2.37. The highest BCUT2D eigenvalue weighted by Crippen LogP contribution is 2.31. The second kappa shape index (κ2) is 6.27. The van der Waals surface area contributed by atoms with Crippen molar-refractivity contribution in [1.29, 1.82) is 0 Å². The molecule has 1 aromatic carbocycles. The third kappa shape index (κ3) is 4.53. The van der Waals surface area contributed by atoms with Gasteiger partial charge in [0.2, 0.25) is 0 Å². The molecule has 1 unspecified atom stereocenters. The van der Waals surface area contributed by atoms with Crippen LogP contribution in [0.5, 0.6) is 0 Å². The Balaban J connectivity index is 2.23. The van der Waals surface area contributed by atoms with E-state index in [4.69, 9.17) is 11.6 Å². The third-order valence-corrected chi connectivity index (χ3v) is 3.27. The van der Waals surface area contributed by atoms with E-state index >= 15 is 0 Å². The van der Waals surface area contributed by atoms with Crippen molar-refractivity contribution in [3.63, 3.8) is 0 Å². The van der Waals surface area contributed by atoms with Gasteiger partial charge in [0, 0.05) is 0 Å². The predicted octanol–water partition coefficient (Wildman–Crippen LogP) is 5.32. The molecule has 2 rings (SSSR count). The molecule has 106 valence electrons. The van der Waals surface area contributed by atoms with Gasteiger partial charge in [-0.1, -0.05) is 68.8 Å². The first-order valence-electron chi connectivity index (χ1n) is 6.88. The van der Waals surface area contributed by atoms with E-state index in [0.29, 0.717) is 5.15 Å². The number of anilines is 1. The van der Waals surface area contributed by atoms with Crippen molar-refractivity contribution in [1.82, 2.24) is 4.98 Å². The highest BCUT2D eigenvalue weighted by atomic mass is 35.5. The van der Waals surface area contributed by atoms with Crippen molar-refractivity contribution < 1.29 is 0 Å². The van der Waals surface area contributed by atoms with Gasteiger partial charge >= 0.3 is 0 Å². The maximum atomic E-state index is 5.96. The van der Waals surface area contributed by atoms with E-state index in [-0.39, 0.29) is 11.5 Å². The first kappa shape index (κ1) is 14.9. The summed E-state index contributed by atoms with van der Waals surface area (Å²) in [4.78, 5) is 4.32. The summed E-state index contributed by atoms with van der Waals surface area (Å²) in [5.41, 5.74) is 1.50. The molecule has 1 N–H and O–H groups in total. The van der Waals surface area contributed by atoms with E-state index < -0.39 is 0 Å². The fraction of sp³-hybridized carbons (Fsp3) is 0.353. The summed E-state index contributed by atoms with van der Waals surface area (Å²) in [7, 11) is 0. The molecule has 20 heavy (non-hydrogen) atoms. The van der Waals surface area contributed by atoms with Gasteiger partial charge in [-0.3, -0.25) is 0 Å². The smallest absolute Gasteiger partial charge is 0.131 e. The van der Waals surface area contributed by atoms with Crippen LogP contribution in [0, 0.1) is 5.41 Å². The first-order chi connectivity index (χ1) is 9.44. The molecular formula is C17H21ClN2. The molecule has 0 amide bonds. The van der Waals surface area contributed by atoms with Crippen LogP contribution in [-0.4, -0.2) is 4.98 Å². The number of halogens is 1. The molecule has 2 aromatic rings. The van der Waals surface area contributed by atoms with Crippen LogP contribution in [-0.2, 0) is 0 Å². The number of nitrogens with zero attached hydrogens (tertiary/aromatic N) is 1. The lowest BCUT2D eigenvalue weighted by molar-refractivity contribution is 0.352. The molecule has 0 radical (unpaired) electrons. The Morgan fingerprint density at radius 2 is 1.75 bits per heavy atom. The molecule has 0 saturated carbocycles. The summed E-state index contributed by atoms with van der Waals surface area (Å²) in [5.74, 6) is 0.815. The highest BCUT2D eigenvalue weighted by Gasteiger charge is 2.20. The molecular weight excluding hydrogens is 268 g/mol. The van der Waals surface area contributed by atoms with Crippen LogP contribution in [0.4, 0.5) is 5.82 Å². The predicted molar refractivity (Wildman–Crippen MR) is 86.1 cm³/mol. The lowest BCUT2D eigenvalue weighted by Crippen LogP contribution is -2.19. The average molecular weight is 289 g/mol. The van der Waals surface area contributed by atoms with Gasteiger partial charge in [-0.2, -0.15) is 0 Å². The Labute approximate surface area is 126 Å². The quantitative estimate of drug-likeness (QED) is 0.770. The van der Waals surface area contributed by atoms with Crippen molar-refractivity contribution in [2.45, 2.75) is 33.2 Å². The van der Waals surface area contributed by atoms with Crippen LogP contribution in [0.1, 0.15) is 38.8 Å². The summed E-state index contributed by atoms with van der Waals surface area (Å²) in [6, 6.07) is 16.3. The maximum absolute atomic E-state index is 5.96. The Morgan fingerprint density at radius 3 is 2.35 bits per heavy atom. The van der Waals surface area contributed by atoms with Gasteiger partial charge in [0.15, 0.2) is 0 Å². The highest BCUT2D eigenvalue weighted by molar-refractivity contribution is 6.29. The fourth-order valence-electron chi connectivity index (χ4n) is 2.22. The first-order valence-corrected chi connectivity index (χ1v) is 7.26. The van der Waals surface area contributed by atoms with Crippen LogP contribution in [0.3, 0.4) is 0 Å². The van der Waals surface area contributed by atoms with Gasteiger partial charge in [-0.05, 0) is 29.5 Å². The fourth-order valence-corrected chi connectivity index (χ4v) is 2.38. The van der Waals surface area contributed by atoms with Crippen molar-refractivity contribution in [3.05, 3.63) is 59.2 Å². The second-order valence-corrected chi connectivity index (χ2v) is 6.61. The van der Waals surface area contributed by atoms with Crippen molar-refractivity contribution >= 4 is 17.4 Å². The van der Waals surface area contributed by atoms with Crippen LogP contribution in [0.25, 0.3) is 0 Å². The molecule has 0 bridgehead atoms. The van der Waals surface area contributed by atoms with E-state index in [1.165, 1.54) is 5.56 Å². The summed E-state index contributed by atoms with van der Waals surface area (Å²) in [6.45, 7) is 6.74. The Hall–Kier alpha value is -1.54. The van der Waals surface area contributed by atoms with Crippen LogP contribution >= 0.6 is 11.6 Å². The lowest BCUT2D eigenvalue weighted by atomic mass is 9.85.